The van der Waals surface area contributed by atoms with Crippen molar-refractivity contribution in [3.63, 3.8) is 0 Å². The Balaban J connectivity index is 1.03. The van der Waals surface area contributed by atoms with E-state index in [-0.39, 0.29) is 0 Å². The molecule has 1 aliphatic rings. The first-order chi connectivity index (χ1) is 27.8. The van der Waals surface area contributed by atoms with E-state index in [2.05, 4.69) is 205 Å². The van der Waals surface area contributed by atoms with E-state index < -0.39 is 0 Å². The molecule has 2 heteroatoms. The Morgan fingerprint density at radius 3 is 1.64 bits per heavy atom. The molecule has 56 heavy (non-hydrogen) atoms. The predicted octanol–water partition coefficient (Wildman–Crippen LogP) is 15.3. The summed E-state index contributed by atoms with van der Waals surface area (Å²) in [6.07, 6.45) is 6.51. The van der Waals surface area contributed by atoms with Crippen LogP contribution in [0.1, 0.15) is 17.7 Å². The number of nitrogens with zero attached hydrogens (tertiary/aromatic N) is 1. The van der Waals surface area contributed by atoms with E-state index >= 15 is 0 Å². The molecule has 10 aromatic rings. The number of aryl methyl sites for hydroxylation is 1. The van der Waals surface area contributed by atoms with Crippen LogP contribution in [0.15, 0.2) is 199 Å². The van der Waals surface area contributed by atoms with Crippen LogP contribution < -0.4 is 4.90 Å². The summed E-state index contributed by atoms with van der Waals surface area (Å²) in [5.41, 5.74) is 12.7. The molecule has 0 radical (unpaired) electrons. The van der Waals surface area contributed by atoms with Gasteiger partial charge in [-0.15, -0.1) is 0 Å². The van der Waals surface area contributed by atoms with Crippen LogP contribution >= 0.6 is 0 Å². The van der Waals surface area contributed by atoms with Crippen LogP contribution in [0.25, 0.3) is 82.7 Å². The fourth-order valence-corrected chi connectivity index (χ4v) is 8.80. The maximum absolute atomic E-state index is 6.45. The molecule has 0 fully saturated rings. The molecule has 264 valence electrons. The van der Waals surface area contributed by atoms with Crippen molar-refractivity contribution in [2.45, 2.75) is 12.8 Å². The van der Waals surface area contributed by atoms with Gasteiger partial charge in [-0.3, -0.25) is 0 Å². The van der Waals surface area contributed by atoms with Gasteiger partial charge in [0, 0.05) is 39.8 Å². The van der Waals surface area contributed by atoms with Crippen LogP contribution in [0.3, 0.4) is 0 Å². The zero-order valence-electron chi connectivity index (χ0n) is 30.8. The van der Waals surface area contributed by atoms with Crippen molar-refractivity contribution in [3.05, 3.63) is 205 Å². The van der Waals surface area contributed by atoms with Gasteiger partial charge in [-0.05, 0) is 121 Å². The largest absolute Gasteiger partial charge is 0.460 e. The molecule has 9 aromatic carbocycles. The molecule has 2 nitrogen and oxygen atoms in total. The topological polar surface area (TPSA) is 16.4 Å². The quantitative estimate of drug-likeness (QED) is 0.159. The first kappa shape index (κ1) is 32.3. The first-order valence-corrected chi connectivity index (χ1v) is 19.5. The van der Waals surface area contributed by atoms with Gasteiger partial charge >= 0.3 is 0 Å². The molecule has 0 spiro atoms. The minimum Gasteiger partial charge on any atom is -0.460 e. The summed E-state index contributed by atoms with van der Waals surface area (Å²) in [4.78, 5) is 2.36. The molecule has 0 unspecified atom stereocenters. The van der Waals surface area contributed by atoms with Crippen LogP contribution in [0.2, 0.25) is 0 Å². The Bertz CT molecular complexity index is 3100. The number of allylic oxidation sites excluding steroid dienone is 1. The summed E-state index contributed by atoms with van der Waals surface area (Å²) in [6.45, 7) is 0. The maximum Gasteiger partial charge on any atom is 0.135 e. The highest BCUT2D eigenvalue weighted by atomic mass is 16.3. The van der Waals surface area contributed by atoms with Gasteiger partial charge in [-0.25, -0.2) is 0 Å². The fraction of sp³-hybridized carbons (Fsp3) is 0.0370. The van der Waals surface area contributed by atoms with E-state index in [9.17, 15) is 0 Å². The van der Waals surface area contributed by atoms with E-state index in [1.165, 1.54) is 76.6 Å². The molecule has 0 saturated heterocycles. The Labute approximate surface area is 326 Å². The highest BCUT2D eigenvalue weighted by Gasteiger charge is 2.20. The Hall–Kier alpha value is -7.16. The number of hydrogen-bond acceptors (Lipinski definition) is 2. The third-order valence-corrected chi connectivity index (χ3v) is 11.5. The second kappa shape index (κ2) is 13.3. The lowest BCUT2D eigenvalue weighted by atomic mass is 9.89. The van der Waals surface area contributed by atoms with Gasteiger partial charge in [0.2, 0.25) is 0 Å². The molecule has 1 aliphatic carbocycles. The Morgan fingerprint density at radius 1 is 0.375 bits per heavy atom. The van der Waals surface area contributed by atoms with Crippen LogP contribution in [0.5, 0.6) is 0 Å². The minimum absolute atomic E-state index is 0.947. The van der Waals surface area contributed by atoms with Crippen molar-refractivity contribution in [1.82, 2.24) is 0 Å². The second-order valence-corrected chi connectivity index (χ2v) is 14.8. The average molecular weight is 716 g/mol. The summed E-state index contributed by atoms with van der Waals surface area (Å²) >= 11 is 0. The molecule has 0 bridgehead atoms. The van der Waals surface area contributed by atoms with Gasteiger partial charge in [-0.1, -0.05) is 146 Å². The van der Waals surface area contributed by atoms with E-state index in [0.29, 0.717) is 0 Å². The molecule has 0 aliphatic heterocycles. The molecule has 0 atom stereocenters. The molecule has 0 amide bonds. The average Bonchev–Trinajstić information content (AvgIpc) is 3.67. The van der Waals surface area contributed by atoms with Gasteiger partial charge < -0.3 is 9.32 Å². The van der Waals surface area contributed by atoms with E-state index in [1.807, 2.05) is 0 Å². The lowest BCUT2D eigenvalue weighted by molar-refractivity contribution is 0.546. The first-order valence-electron chi connectivity index (χ1n) is 19.5. The van der Waals surface area contributed by atoms with Crippen molar-refractivity contribution in [2.75, 3.05) is 4.90 Å². The number of anilines is 3. The predicted molar refractivity (Wildman–Crippen MR) is 237 cm³/mol. The lowest BCUT2D eigenvalue weighted by Crippen LogP contribution is -2.10. The molecule has 11 rings (SSSR count). The minimum atomic E-state index is 0.947. The van der Waals surface area contributed by atoms with Crippen LogP contribution in [-0.2, 0) is 6.42 Å². The van der Waals surface area contributed by atoms with E-state index in [4.69, 9.17) is 4.42 Å². The van der Waals surface area contributed by atoms with Crippen molar-refractivity contribution >= 4 is 66.4 Å². The third-order valence-electron chi connectivity index (χ3n) is 11.5. The molecule has 0 N–H and O–H groups in total. The van der Waals surface area contributed by atoms with Gasteiger partial charge in [-0.2, -0.15) is 0 Å². The van der Waals surface area contributed by atoms with Crippen molar-refractivity contribution < 1.29 is 4.42 Å². The normalized spacial score (nSPS) is 12.4. The van der Waals surface area contributed by atoms with Crippen molar-refractivity contribution in [1.29, 1.82) is 0 Å². The molecule has 0 saturated carbocycles. The number of benzene rings is 9. The van der Waals surface area contributed by atoms with Crippen LogP contribution in [0, 0.1) is 0 Å². The van der Waals surface area contributed by atoms with Gasteiger partial charge in [0.1, 0.15) is 11.3 Å². The lowest BCUT2D eigenvalue weighted by Gasteiger charge is -2.26. The standard InChI is InChI=1S/C54H37NO/c1-3-12-36(13-4-1)38-22-27-42(28-23-38)55(44-17-11-16-40(34-44)37-14-5-2-6-15-37)43-29-24-39(25-30-43)41-26-31-46-45-18-7-8-19-47(45)53-48(50(46)35-41)32-33-52-54(53)49-20-9-10-21-51(49)56-52/h1-9,11-20,22-35H,10,21H2. The van der Waals surface area contributed by atoms with Gasteiger partial charge in [0.15, 0.2) is 0 Å². The zero-order valence-corrected chi connectivity index (χ0v) is 30.8. The Morgan fingerprint density at radius 2 is 0.911 bits per heavy atom. The van der Waals surface area contributed by atoms with E-state index in [1.54, 1.807) is 0 Å². The van der Waals surface area contributed by atoms with Gasteiger partial charge in [0.25, 0.3) is 0 Å². The second-order valence-electron chi connectivity index (χ2n) is 14.8. The van der Waals surface area contributed by atoms with Gasteiger partial charge in [0.05, 0.1) is 0 Å². The van der Waals surface area contributed by atoms with Crippen molar-refractivity contribution in [2.24, 2.45) is 0 Å². The summed E-state index contributed by atoms with van der Waals surface area (Å²) in [6, 6.07) is 68.2. The maximum atomic E-state index is 6.45. The fourth-order valence-electron chi connectivity index (χ4n) is 8.80. The van der Waals surface area contributed by atoms with Crippen molar-refractivity contribution in [3.8, 4) is 33.4 Å². The number of furan rings is 1. The SMILES string of the molecule is C1=Cc2c(oc3ccc4c5cc(-c6ccc(N(c7ccc(-c8ccccc8)cc7)c7cccc(-c8ccccc8)c7)cc6)ccc5c5ccccc5c4c23)CC1. The Kier molecular flexibility index (Phi) is 7.67. The number of hydrogen-bond donors (Lipinski definition) is 0. The molecular weight excluding hydrogens is 679 g/mol. The van der Waals surface area contributed by atoms with Crippen LogP contribution in [-0.4, -0.2) is 0 Å². The zero-order chi connectivity index (χ0) is 37.0. The highest BCUT2D eigenvalue weighted by Crippen LogP contribution is 2.44. The number of fused-ring (bicyclic) bond motifs is 10. The smallest absolute Gasteiger partial charge is 0.135 e. The molecular formula is C54H37NO. The molecule has 1 heterocycles. The summed E-state index contributed by atoms with van der Waals surface area (Å²) in [7, 11) is 0. The molecule has 1 aromatic heterocycles. The number of rotatable bonds is 6. The summed E-state index contributed by atoms with van der Waals surface area (Å²) < 4.78 is 6.45. The third kappa shape index (κ3) is 5.41. The summed E-state index contributed by atoms with van der Waals surface area (Å²) in [5, 5.41) is 8.84. The summed E-state index contributed by atoms with van der Waals surface area (Å²) in [5.74, 6) is 1.10. The highest BCUT2D eigenvalue weighted by molar-refractivity contribution is 6.32. The van der Waals surface area contributed by atoms with E-state index in [0.717, 1.165) is 41.2 Å². The van der Waals surface area contributed by atoms with Crippen LogP contribution in [0.4, 0.5) is 17.1 Å². The monoisotopic (exact) mass is 715 g/mol.